The molecule has 0 atom stereocenters. The van der Waals surface area contributed by atoms with E-state index in [-0.39, 0.29) is 5.91 Å². The van der Waals surface area contributed by atoms with Crippen LogP contribution >= 0.6 is 11.8 Å². The second-order valence-electron chi connectivity index (χ2n) is 5.83. The van der Waals surface area contributed by atoms with Gasteiger partial charge in [-0.2, -0.15) is 0 Å². The summed E-state index contributed by atoms with van der Waals surface area (Å²) >= 11 is 1.60. The first-order valence-corrected chi connectivity index (χ1v) is 9.29. The monoisotopic (exact) mass is 346 g/mol. The van der Waals surface area contributed by atoms with Crippen molar-refractivity contribution >= 4 is 17.7 Å². The van der Waals surface area contributed by atoms with Crippen LogP contribution in [0.4, 0.5) is 0 Å². The normalized spacial score (nSPS) is 14.2. The molecule has 1 aromatic carbocycles. The van der Waals surface area contributed by atoms with Crippen LogP contribution < -0.4 is 4.74 Å². The van der Waals surface area contributed by atoms with Crippen LogP contribution in [0.2, 0.25) is 0 Å². The predicted octanol–water partition coefficient (Wildman–Crippen LogP) is 3.51. The van der Waals surface area contributed by atoms with Gasteiger partial charge in [0, 0.05) is 24.4 Å². The molecule has 0 saturated carbocycles. The summed E-state index contributed by atoms with van der Waals surface area (Å²) in [7, 11) is 1.64. The van der Waals surface area contributed by atoms with Crippen LogP contribution in [0.5, 0.6) is 5.75 Å². The van der Waals surface area contributed by atoms with E-state index in [0.717, 1.165) is 48.7 Å². The van der Waals surface area contributed by atoms with Crippen LogP contribution in [0.3, 0.4) is 0 Å². The third-order valence-electron chi connectivity index (χ3n) is 4.15. The summed E-state index contributed by atoms with van der Waals surface area (Å²) in [5, 5.41) is 0. The maximum Gasteiger partial charge on any atom is 0.232 e. The molecule has 1 amide bonds. The van der Waals surface area contributed by atoms with Gasteiger partial charge in [-0.3, -0.25) is 4.79 Å². The van der Waals surface area contributed by atoms with Crippen molar-refractivity contribution in [1.29, 1.82) is 0 Å². The Bertz CT molecular complexity index is 691. The minimum atomic E-state index is 0.231. The summed E-state index contributed by atoms with van der Waals surface area (Å²) in [6.45, 7) is 3.73. The number of methoxy groups -OCH3 is 1. The van der Waals surface area contributed by atoms with Gasteiger partial charge in [0.1, 0.15) is 11.5 Å². The zero-order valence-electron chi connectivity index (χ0n) is 14.1. The van der Waals surface area contributed by atoms with Crippen molar-refractivity contribution in [2.24, 2.45) is 0 Å². The Balaban J connectivity index is 1.58. The lowest BCUT2D eigenvalue weighted by Crippen LogP contribution is -2.29. The van der Waals surface area contributed by atoms with E-state index < -0.39 is 0 Å². The maximum absolute atomic E-state index is 12.1. The predicted molar refractivity (Wildman–Crippen MR) is 95.2 cm³/mol. The standard InChI is InChI=1S/C18H22N2O3S/c1-13-16(11-24-12-17(21)20-9-3-4-10-20)19-18(23-13)14-5-7-15(22-2)8-6-14/h5-8H,3-4,9-12H2,1-2H3. The highest BCUT2D eigenvalue weighted by molar-refractivity contribution is 7.99. The topological polar surface area (TPSA) is 55.6 Å². The van der Waals surface area contributed by atoms with Crippen molar-refractivity contribution in [3.8, 4) is 17.2 Å². The van der Waals surface area contributed by atoms with Crippen molar-refractivity contribution < 1.29 is 13.9 Å². The second kappa shape index (κ2) is 7.75. The van der Waals surface area contributed by atoms with Crippen molar-refractivity contribution in [1.82, 2.24) is 9.88 Å². The van der Waals surface area contributed by atoms with Crippen molar-refractivity contribution in [3.63, 3.8) is 0 Å². The van der Waals surface area contributed by atoms with E-state index >= 15 is 0 Å². The van der Waals surface area contributed by atoms with Crippen molar-refractivity contribution in [2.75, 3.05) is 26.0 Å². The molecule has 3 rings (SSSR count). The first-order valence-electron chi connectivity index (χ1n) is 8.13. The van der Waals surface area contributed by atoms with Gasteiger partial charge in [0.15, 0.2) is 0 Å². The largest absolute Gasteiger partial charge is 0.497 e. The summed E-state index contributed by atoms with van der Waals surface area (Å²) in [4.78, 5) is 18.6. The summed E-state index contributed by atoms with van der Waals surface area (Å²) < 4.78 is 10.9. The Kier molecular flexibility index (Phi) is 5.45. The number of ether oxygens (including phenoxy) is 1. The fourth-order valence-corrected chi connectivity index (χ4v) is 3.63. The molecule has 1 fully saturated rings. The quantitative estimate of drug-likeness (QED) is 0.801. The number of amides is 1. The van der Waals surface area contributed by atoms with Gasteiger partial charge in [-0.25, -0.2) is 4.98 Å². The van der Waals surface area contributed by atoms with Gasteiger partial charge in [-0.15, -0.1) is 11.8 Å². The van der Waals surface area contributed by atoms with Crippen LogP contribution in [0.15, 0.2) is 28.7 Å². The zero-order valence-corrected chi connectivity index (χ0v) is 14.9. The van der Waals surface area contributed by atoms with Crippen LogP contribution in [0.25, 0.3) is 11.5 Å². The number of oxazole rings is 1. The first-order chi connectivity index (χ1) is 11.7. The lowest BCUT2D eigenvalue weighted by atomic mass is 10.2. The number of rotatable bonds is 6. The van der Waals surface area contributed by atoms with Crippen molar-refractivity contribution in [3.05, 3.63) is 35.7 Å². The average Bonchev–Trinajstić information content (AvgIpc) is 3.25. The molecule has 1 saturated heterocycles. The molecule has 0 unspecified atom stereocenters. The highest BCUT2D eigenvalue weighted by atomic mass is 32.2. The lowest BCUT2D eigenvalue weighted by molar-refractivity contribution is -0.127. The minimum absolute atomic E-state index is 0.231. The van der Waals surface area contributed by atoms with E-state index in [0.29, 0.717) is 17.4 Å². The smallest absolute Gasteiger partial charge is 0.232 e. The highest BCUT2D eigenvalue weighted by Gasteiger charge is 2.18. The zero-order chi connectivity index (χ0) is 16.9. The second-order valence-corrected chi connectivity index (χ2v) is 6.82. The Hall–Kier alpha value is -1.95. The molecule has 2 aromatic rings. The minimum Gasteiger partial charge on any atom is -0.497 e. The molecule has 6 heteroatoms. The fraction of sp³-hybridized carbons (Fsp3) is 0.444. The van der Waals surface area contributed by atoms with Crippen molar-refractivity contribution in [2.45, 2.75) is 25.5 Å². The van der Waals surface area contributed by atoms with Gasteiger partial charge in [0.05, 0.1) is 18.6 Å². The van der Waals surface area contributed by atoms with E-state index in [1.165, 1.54) is 0 Å². The van der Waals surface area contributed by atoms with Crippen LogP contribution in [-0.2, 0) is 10.5 Å². The third kappa shape index (κ3) is 3.93. The molecule has 1 aliphatic heterocycles. The molecule has 24 heavy (non-hydrogen) atoms. The summed E-state index contributed by atoms with van der Waals surface area (Å²) in [6.07, 6.45) is 2.26. The number of benzene rings is 1. The van der Waals surface area contributed by atoms with Gasteiger partial charge in [0.2, 0.25) is 11.8 Å². The lowest BCUT2D eigenvalue weighted by Gasteiger charge is -2.14. The molecule has 1 aromatic heterocycles. The molecular weight excluding hydrogens is 324 g/mol. The third-order valence-corrected chi connectivity index (χ3v) is 5.08. The number of aryl methyl sites for hydroxylation is 1. The van der Waals surface area contributed by atoms with Crippen LogP contribution in [0.1, 0.15) is 24.3 Å². The number of carbonyl (C=O) groups excluding carboxylic acids is 1. The van der Waals surface area contributed by atoms with E-state index in [1.807, 2.05) is 36.1 Å². The Labute approximate surface area is 146 Å². The molecule has 1 aliphatic rings. The number of hydrogen-bond donors (Lipinski definition) is 0. The molecule has 2 heterocycles. The van der Waals surface area contributed by atoms with E-state index in [4.69, 9.17) is 9.15 Å². The maximum atomic E-state index is 12.1. The van der Waals surface area contributed by atoms with Gasteiger partial charge < -0.3 is 14.1 Å². The molecule has 0 radical (unpaired) electrons. The van der Waals surface area contributed by atoms with Gasteiger partial charge in [-0.05, 0) is 44.0 Å². The Morgan fingerprint density at radius 1 is 1.29 bits per heavy atom. The average molecular weight is 346 g/mol. The molecule has 0 aliphatic carbocycles. The summed E-state index contributed by atoms with van der Waals surface area (Å²) in [5.74, 6) is 3.64. The van der Waals surface area contributed by atoms with Crippen LogP contribution in [-0.4, -0.2) is 41.7 Å². The number of nitrogens with zero attached hydrogens (tertiary/aromatic N) is 2. The number of aromatic nitrogens is 1. The molecule has 0 spiro atoms. The molecule has 128 valence electrons. The number of likely N-dealkylation sites (tertiary alicyclic amines) is 1. The molecular formula is C18H22N2O3S. The van der Waals surface area contributed by atoms with E-state index in [2.05, 4.69) is 4.98 Å². The van der Waals surface area contributed by atoms with Crippen LogP contribution in [0, 0.1) is 6.92 Å². The van der Waals surface area contributed by atoms with Gasteiger partial charge in [-0.1, -0.05) is 0 Å². The fourth-order valence-electron chi connectivity index (χ4n) is 2.71. The van der Waals surface area contributed by atoms with E-state index in [1.54, 1.807) is 18.9 Å². The number of thioether (sulfide) groups is 1. The first kappa shape index (κ1) is 16.9. The molecule has 5 nitrogen and oxygen atoms in total. The number of hydrogen-bond acceptors (Lipinski definition) is 5. The van der Waals surface area contributed by atoms with Gasteiger partial charge >= 0.3 is 0 Å². The van der Waals surface area contributed by atoms with Gasteiger partial charge in [0.25, 0.3) is 0 Å². The molecule has 0 N–H and O–H groups in total. The number of carbonyl (C=O) groups is 1. The molecule has 0 bridgehead atoms. The highest BCUT2D eigenvalue weighted by Crippen LogP contribution is 2.26. The Morgan fingerprint density at radius 2 is 2.00 bits per heavy atom. The summed E-state index contributed by atoms with van der Waals surface area (Å²) in [5.41, 5.74) is 1.82. The SMILES string of the molecule is COc1ccc(-c2nc(CSCC(=O)N3CCCC3)c(C)o2)cc1. The summed E-state index contributed by atoms with van der Waals surface area (Å²) in [6, 6.07) is 7.63. The van der Waals surface area contributed by atoms with E-state index in [9.17, 15) is 4.79 Å². The Morgan fingerprint density at radius 3 is 2.67 bits per heavy atom.